The van der Waals surface area contributed by atoms with Crippen LogP contribution in [0.1, 0.15) is 29.3 Å². The number of carboxylic acids is 1. The minimum atomic E-state index is -0.697. The molecule has 0 aliphatic carbocycles. The van der Waals surface area contributed by atoms with Gasteiger partial charge < -0.3 is 14.6 Å². The molecule has 146 valence electrons. The molecule has 0 radical (unpaired) electrons. The summed E-state index contributed by atoms with van der Waals surface area (Å²) in [5.74, 6) is 0.392. The fourth-order valence-electron chi connectivity index (χ4n) is 3.49. The van der Waals surface area contributed by atoms with Gasteiger partial charge in [-0.25, -0.2) is 0 Å². The Morgan fingerprint density at radius 1 is 1.19 bits per heavy atom. The van der Waals surface area contributed by atoms with Crippen LogP contribution in [0.25, 0.3) is 0 Å². The first-order valence-corrected chi connectivity index (χ1v) is 11.0. The number of hydrogen-bond donors (Lipinski definition) is 1. The van der Waals surface area contributed by atoms with Crippen molar-refractivity contribution < 1.29 is 19.4 Å². The van der Waals surface area contributed by atoms with Crippen LogP contribution in [-0.4, -0.2) is 43.3 Å². The number of ether oxygens (including phenoxy) is 2. The molecule has 1 N–H and O–H groups in total. The highest BCUT2D eigenvalue weighted by Crippen LogP contribution is 2.43. The number of piperidine rings is 1. The maximum absolute atomic E-state index is 11.3. The summed E-state index contributed by atoms with van der Waals surface area (Å²) in [5.41, 5.74) is 1.08. The second kappa shape index (κ2) is 8.94. The number of carboxylic acid groups (broad SMARTS) is 1. The Bertz CT molecular complexity index is 818. The third-order valence-electron chi connectivity index (χ3n) is 4.90. The lowest BCUT2D eigenvalue weighted by atomic mass is 9.93. The molecule has 1 unspecified atom stereocenters. The van der Waals surface area contributed by atoms with E-state index in [-0.39, 0.29) is 12.0 Å². The zero-order chi connectivity index (χ0) is 19.6. The van der Waals surface area contributed by atoms with Crippen LogP contribution in [-0.2, 0) is 4.79 Å². The summed E-state index contributed by atoms with van der Waals surface area (Å²) in [6, 6.07) is 8.11. The van der Waals surface area contributed by atoms with Gasteiger partial charge in [-0.1, -0.05) is 15.9 Å². The fraction of sp³-hybridized carbons (Fsp3) is 0.421. The average Bonchev–Trinajstić information content (AvgIpc) is 3.09. The van der Waals surface area contributed by atoms with E-state index >= 15 is 0 Å². The largest absolute Gasteiger partial charge is 0.493 e. The third kappa shape index (κ3) is 4.50. The van der Waals surface area contributed by atoms with Gasteiger partial charge in [0.2, 0.25) is 0 Å². The Labute approximate surface area is 179 Å². The van der Waals surface area contributed by atoms with Gasteiger partial charge in [-0.2, -0.15) is 0 Å². The first kappa shape index (κ1) is 20.6. The second-order valence-electron chi connectivity index (χ2n) is 6.42. The highest BCUT2D eigenvalue weighted by molar-refractivity contribution is 9.11. The van der Waals surface area contributed by atoms with Crippen LogP contribution >= 0.6 is 43.2 Å². The Kier molecular flexibility index (Phi) is 6.83. The predicted octanol–water partition coefficient (Wildman–Crippen LogP) is 5.18. The summed E-state index contributed by atoms with van der Waals surface area (Å²) in [5, 5.41) is 9.31. The van der Waals surface area contributed by atoms with Gasteiger partial charge in [0.15, 0.2) is 11.5 Å². The van der Waals surface area contributed by atoms with Crippen LogP contribution in [0.2, 0.25) is 0 Å². The molecular weight excluding hydrogens is 498 g/mol. The number of halogens is 2. The number of aliphatic carboxylic acids is 1. The van der Waals surface area contributed by atoms with Crippen LogP contribution in [0.5, 0.6) is 11.5 Å². The number of carbonyl (C=O) groups is 1. The van der Waals surface area contributed by atoms with Gasteiger partial charge in [-0.15, -0.1) is 11.3 Å². The van der Waals surface area contributed by atoms with E-state index in [0.29, 0.717) is 24.3 Å². The minimum absolute atomic E-state index is 0.0187. The Morgan fingerprint density at radius 3 is 2.33 bits per heavy atom. The third-order valence-corrected chi connectivity index (χ3v) is 7.27. The maximum Gasteiger partial charge on any atom is 0.306 e. The number of rotatable bonds is 6. The zero-order valence-electron chi connectivity index (χ0n) is 15.1. The van der Waals surface area contributed by atoms with Crippen LogP contribution in [0.15, 0.2) is 32.5 Å². The number of methoxy groups -OCH3 is 2. The smallest absolute Gasteiger partial charge is 0.306 e. The highest BCUT2D eigenvalue weighted by Gasteiger charge is 2.32. The number of benzene rings is 1. The molecule has 1 fully saturated rings. The summed E-state index contributed by atoms with van der Waals surface area (Å²) in [7, 11) is 3.25. The van der Waals surface area contributed by atoms with E-state index in [1.54, 1.807) is 25.6 Å². The molecule has 1 aromatic carbocycles. The maximum atomic E-state index is 11.3. The molecule has 3 rings (SSSR count). The molecule has 2 heterocycles. The number of thiophene rings is 1. The zero-order valence-corrected chi connectivity index (χ0v) is 19.1. The standard InChI is InChI=1S/C19H21Br2NO4S/c1-25-14-9-12(13(20)10-15(14)26-2)18(16-3-4-17(21)27-16)22-7-5-11(6-8-22)19(23)24/h3-4,9-11,18H,5-8H2,1-2H3,(H,23,24). The van der Waals surface area contributed by atoms with E-state index in [2.05, 4.69) is 42.8 Å². The molecule has 27 heavy (non-hydrogen) atoms. The fourth-order valence-corrected chi connectivity index (χ4v) is 5.61. The van der Waals surface area contributed by atoms with E-state index in [1.165, 1.54) is 4.88 Å². The quantitative estimate of drug-likeness (QED) is 0.571. The molecule has 1 atom stereocenters. The monoisotopic (exact) mass is 517 g/mol. The molecule has 0 spiro atoms. The molecule has 1 aliphatic rings. The Morgan fingerprint density at radius 2 is 1.81 bits per heavy atom. The van der Waals surface area contributed by atoms with E-state index in [4.69, 9.17) is 9.47 Å². The summed E-state index contributed by atoms with van der Waals surface area (Å²) in [6.07, 6.45) is 1.31. The molecule has 0 amide bonds. The van der Waals surface area contributed by atoms with Gasteiger partial charge >= 0.3 is 5.97 Å². The number of likely N-dealkylation sites (tertiary alicyclic amines) is 1. The summed E-state index contributed by atoms with van der Waals surface area (Å²) >= 11 is 8.94. The SMILES string of the molecule is COc1cc(Br)c(C(c2ccc(Br)s2)N2CCC(C(=O)O)CC2)cc1OC. The van der Waals surface area contributed by atoms with Crippen molar-refractivity contribution in [2.24, 2.45) is 5.92 Å². The number of hydrogen-bond acceptors (Lipinski definition) is 5. The first-order chi connectivity index (χ1) is 12.9. The van der Waals surface area contributed by atoms with E-state index in [1.807, 2.05) is 18.2 Å². The van der Waals surface area contributed by atoms with Crippen molar-refractivity contribution in [2.75, 3.05) is 27.3 Å². The Hall–Kier alpha value is -1.09. The molecule has 8 heteroatoms. The van der Waals surface area contributed by atoms with Crippen LogP contribution in [0.3, 0.4) is 0 Å². The van der Waals surface area contributed by atoms with Gasteiger partial charge in [-0.05, 0) is 71.7 Å². The van der Waals surface area contributed by atoms with Gasteiger partial charge in [0.25, 0.3) is 0 Å². The van der Waals surface area contributed by atoms with E-state index < -0.39 is 5.97 Å². The molecule has 2 aromatic rings. The molecule has 1 saturated heterocycles. The van der Waals surface area contributed by atoms with Crippen molar-refractivity contribution >= 4 is 49.2 Å². The lowest BCUT2D eigenvalue weighted by Crippen LogP contribution is -2.39. The van der Waals surface area contributed by atoms with Gasteiger partial charge in [-0.3, -0.25) is 9.69 Å². The highest BCUT2D eigenvalue weighted by atomic mass is 79.9. The van der Waals surface area contributed by atoms with Crippen molar-refractivity contribution in [3.05, 3.63) is 43.0 Å². The molecule has 0 bridgehead atoms. The van der Waals surface area contributed by atoms with E-state index in [0.717, 1.165) is 26.9 Å². The van der Waals surface area contributed by atoms with Crippen molar-refractivity contribution in [1.82, 2.24) is 4.90 Å². The summed E-state index contributed by atoms with van der Waals surface area (Å²) in [6.45, 7) is 1.47. The van der Waals surface area contributed by atoms with Crippen LogP contribution in [0.4, 0.5) is 0 Å². The second-order valence-corrected chi connectivity index (χ2v) is 9.77. The molecular formula is C19H21Br2NO4S. The van der Waals surface area contributed by atoms with Gasteiger partial charge in [0.1, 0.15) is 0 Å². The molecule has 0 saturated carbocycles. The van der Waals surface area contributed by atoms with Crippen molar-refractivity contribution in [2.45, 2.75) is 18.9 Å². The van der Waals surface area contributed by atoms with E-state index in [9.17, 15) is 9.90 Å². The lowest BCUT2D eigenvalue weighted by Gasteiger charge is -2.37. The van der Waals surface area contributed by atoms with Crippen molar-refractivity contribution in [3.8, 4) is 11.5 Å². The predicted molar refractivity (Wildman–Crippen MR) is 113 cm³/mol. The summed E-state index contributed by atoms with van der Waals surface area (Å²) < 4.78 is 12.9. The molecule has 1 aliphatic heterocycles. The number of nitrogens with zero attached hydrogens (tertiary/aromatic N) is 1. The van der Waals surface area contributed by atoms with Crippen LogP contribution < -0.4 is 9.47 Å². The normalized spacial score (nSPS) is 16.9. The lowest BCUT2D eigenvalue weighted by molar-refractivity contribution is -0.143. The van der Waals surface area contributed by atoms with Crippen molar-refractivity contribution in [3.63, 3.8) is 0 Å². The average molecular weight is 519 g/mol. The topological polar surface area (TPSA) is 59.0 Å². The first-order valence-electron chi connectivity index (χ1n) is 8.58. The molecule has 1 aromatic heterocycles. The summed E-state index contributed by atoms with van der Waals surface area (Å²) in [4.78, 5) is 14.9. The van der Waals surface area contributed by atoms with Crippen LogP contribution in [0, 0.1) is 5.92 Å². The van der Waals surface area contributed by atoms with Gasteiger partial charge in [0, 0.05) is 9.35 Å². The van der Waals surface area contributed by atoms with Gasteiger partial charge in [0.05, 0.1) is 30.0 Å². The minimum Gasteiger partial charge on any atom is -0.493 e. The van der Waals surface area contributed by atoms with Crippen molar-refractivity contribution in [1.29, 1.82) is 0 Å². The molecule has 5 nitrogen and oxygen atoms in total. The Balaban J connectivity index is 2.00.